The SMILES string of the molecule is [2H]c1c([2H])c([2H])c(-c2cccc(-c3c4ccccc4c(-c4cc5c(cc4-c4c([2H])c([2H])c([2H])c([2H])c4[2H])oc4ccccc45)c4ccccc34)c2)c([2H])c1[2H]. The summed E-state index contributed by atoms with van der Waals surface area (Å²) < 4.78 is 91.7. The normalized spacial score (nSPS) is 14.7. The number of para-hydroxylation sites is 1. The highest BCUT2D eigenvalue weighted by Gasteiger charge is 2.21. The fourth-order valence-electron chi connectivity index (χ4n) is 6.52. The first-order valence-electron chi connectivity index (χ1n) is 19.6. The van der Waals surface area contributed by atoms with E-state index in [1.165, 1.54) is 0 Å². The van der Waals surface area contributed by atoms with Gasteiger partial charge in [-0.1, -0.05) is 145 Å². The zero-order valence-electron chi connectivity index (χ0n) is 33.8. The smallest absolute Gasteiger partial charge is 0.136 e. The number of fused-ring (bicyclic) bond motifs is 5. The number of hydrogen-bond donors (Lipinski definition) is 0. The van der Waals surface area contributed by atoms with Gasteiger partial charge in [0.25, 0.3) is 0 Å². The third-order valence-corrected chi connectivity index (χ3v) is 8.43. The molecule has 0 spiro atoms. The lowest BCUT2D eigenvalue weighted by molar-refractivity contribution is 0.669. The molecule has 8 aromatic carbocycles. The van der Waals surface area contributed by atoms with E-state index in [1.807, 2.05) is 97.1 Å². The van der Waals surface area contributed by atoms with Crippen molar-refractivity contribution in [3.8, 4) is 44.5 Å². The number of furan rings is 1. The molecule has 1 nitrogen and oxygen atoms in total. The van der Waals surface area contributed by atoms with Crippen LogP contribution in [0.4, 0.5) is 0 Å². The maximum Gasteiger partial charge on any atom is 0.136 e. The van der Waals surface area contributed by atoms with E-state index in [-0.39, 0.29) is 35.3 Å². The third kappa shape index (κ3) is 4.17. The average molecular weight is 583 g/mol. The topological polar surface area (TPSA) is 13.1 Å². The summed E-state index contributed by atoms with van der Waals surface area (Å²) in [7, 11) is 0. The summed E-state index contributed by atoms with van der Waals surface area (Å²) >= 11 is 0. The molecule has 0 saturated heterocycles. The minimum Gasteiger partial charge on any atom is -0.456 e. The Morgan fingerprint density at radius 3 is 1.58 bits per heavy atom. The molecular weight excluding hydrogens is 544 g/mol. The van der Waals surface area contributed by atoms with Gasteiger partial charge >= 0.3 is 0 Å². The number of hydrogen-bond acceptors (Lipinski definition) is 1. The van der Waals surface area contributed by atoms with E-state index >= 15 is 0 Å². The van der Waals surface area contributed by atoms with Crippen LogP contribution in [0.2, 0.25) is 0 Å². The van der Waals surface area contributed by atoms with Crippen LogP contribution in [0.25, 0.3) is 88.0 Å². The lowest BCUT2D eigenvalue weighted by Gasteiger charge is -2.20. The van der Waals surface area contributed by atoms with E-state index in [1.54, 1.807) is 12.1 Å². The Kier molecular flexibility index (Phi) is 4.01. The monoisotopic (exact) mass is 582 g/mol. The molecule has 0 atom stereocenters. The number of rotatable bonds is 4. The van der Waals surface area contributed by atoms with Crippen molar-refractivity contribution < 1.29 is 18.1 Å². The van der Waals surface area contributed by atoms with Crippen molar-refractivity contribution in [2.24, 2.45) is 0 Å². The van der Waals surface area contributed by atoms with Gasteiger partial charge in [0.2, 0.25) is 0 Å². The molecule has 0 aliphatic heterocycles. The molecule has 1 heteroatoms. The Bertz CT molecular complexity index is 3000. The summed E-state index contributed by atoms with van der Waals surface area (Å²) in [5, 5.41) is 5.08. The molecule has 0 N–H and O–H groups in total. The van der Waals surface area contributed by atoms with Gasteiger partial charge in [-0.25, -0.2) is 0 Å². The maximum atomic E-state index is 9.02. The van der Waals surface area contributed by atoms with Gasteiger partial charge in [0, 0.05) is 10.8 Å². The van der Waals surface area contributed by atoms with Gasteiger partial charge in [-0.3, -0.25) is 0 Å². The van der Waals surface area contributed by atoms with Crippen LogP contribution in [0.3, 0.4) is 0 Å². The van der Waals surface area contributed by atoms with E-state index in [0.717, 1.165) is 49.0 Å². The predicted molar refractivity (Wildman–Crippen MR) is 190 cm³/mol. The lowest BCUT2D eigenvalue weighted by atomic mass is 9.83. The van der Waals surface area contributed by atoms with E-state index in [2.05, 4.69) is 0 Å². The highest BCUT2D eigenvalue weighted by molar-refractivity contribution is 6.23. The van der Waals surface area contributed by atoms with Crippen molar-refractivity contribution in [2.75, 3.05) is 0 Å². The third-order valence-electron chi connectivity index (χ3n) is 8.43. The van der Waals surface area contributed by atoms with Crippen molar-refractivity contribution >= 4 is 43.5 Å². The summed E-state index contributed by atoms with van der Waals surface area (Å²) in [6.45, 7) is 0. The van der Waals surface area contributed by atoms with Gasteiger partial charge in [-0.15, -0.1) is 0 Å². The summed E-state index contributed by atoms with van der Waals surface area (Å²) in [6.07, 6.45) is 0. The zero-order valence-corrected chi connectivity index (χ0v) is 23.8. The second-order valence-corrected chi connectivity index (χ2v) is 10.9. The molecule has 0 aliphatic carbocycles. The molecule has 0 unspecified atom stereocenters. The van der Waals surface area contributed by atoms with Crippen molar-refractivity contribution in [2.45, 2.75) is 0 Å². The Hall–Kier alpha value is -5.92. The molecule has 9 rings (SSSR count). The quantitative estimate of drug-likeness (QED) is 0.188. The largest absolute Gasteiger partial charge is 0.456 e. The molecular formula is C44H28O. The summed E-state index contributed by atoms with van der Waals surface area (Å²) in [6, 6.07) is 30.7. The van der Waals surface area contributed by atoms with E-state index in [4.69, 9.17) is 18.1 Å². The van der Waals surface area contributed by atoms with Crippen molar-refractivity contribution in [3.63, 3.8) is 0 Å². The van der Waals surface area contributed by atoms with Gasteiger partial charge in [-0.2, -0.15) is 0 Å². The van der Waals surface area contributed by atoms with Crippen molar-refractivity contribution in [1.29, 1.82) is 0 Å². The molecule has 0 radical (unpaired) electrons. The van der Waals surface area contributed by atoms with Crippen LogP contribution in [-0.4, -0.2) is 0 Å². The van der Waals surface area contributed by atoms with Crippen LogP contribution in [0, 0.1) is 0 Å². The van der Waals surface area contributed by atoms with E-state index < -0.39 is 36.3 Å². The van der Waals surface area contributed by atoms with E-state index in [9.17, 15) is 0 Å². The van der Waals surface area contributed by atoms with Gasteiger partial charge < -0.3 is 4.42 Å². The molecule has 0 amide bonds. The summed E-state index contributed by atoms with van der Waals surface area (Å²) in [4.78, 5) is 0. The van der Waals surface area contributed by atoms with Crippen LogP contribution in [-0.2, 0) is 0 Å². The molecule has 0 fully saturated rings. The first-order chi connectivity index (χ1) is 26.5. The molecule has 1 heterocycles. The van der Waals surface area contributed by atoms with Gasteiger partial charge in [0.1, 0.15) is 11.2 Å². The van der Waals surface area contributed by atoms with Crippen LogP contribution >= 0.6 is 0 Å². The average Bonchev–Trinajstić information content (AvgIpc) is 3.57. The summed E-state index contributed by atoms with van der Waals surface area (Å²) in [5.74, 6) is 0. The lowest BCUT2D eigenvalue weighted by Crippen LogP contribution is -1.93. The zero-order chi connectivity index (χ0) is 38.4. The van der Waals surface area contributed by atoms with Crippen molar-refractivity contribution in [1.82, 2.24) is 0 Å². The van der Waals surface area contributed by atoms with Crippen molar-refractivity contribution in [3.05, 3.63) is 170 Å². The fraction of sp³-hybridized carbons (Fsp3) is 0. The van der Waals surface area contributed by atoms with Crippen LogP contribution < -0.4 is 0 Å². The predicted octanol–water partition coefficient (Wildman–Crippen LogP) is 12.6. The first kappa shape index (κ1) is 17.4. The summed E-state index contributed by atoms with van der Waals surface area (Å²) in [5.41, 5.74) is 5.34. The van der Waals surface area contributed by atoms with Gasteiger partial charge in [0.15, 0.2) is 0 Å². The molecule has 1 aromatic heterocycles. The maximum absolute atomic E-state index is 9.02. The Labute approximate surface area is 275 Å². The van der Waals surface area contributed by atoms with Crippen LogP contribution in [0.1, 0.15) is 13.7 Å². The second-order valence-electron chi connectivity index (χ2n) is 10.9. The first-order valence-corrected chi connectivity index (χ1v) is 14.6. The highest BCUT2D eigenvalue weighted by Crippen LogP contribution is 2.48. The minimum absolute atomic E-state index is 0.0620. The Balaban J connectivity index is 1.41. The van der Waals surface area contributed by atoms with Crippen LogP contribution in [0.15, 0.2) is 174 Å². The molecule has 45 heavy (non-hydrogen) atoms. The fourth-order valence-corrected chi connectivity index (χ4v) is 6.52. The minimum atomic E-state index is -0.476. The van der Waals surface area contributed by atoms with E-state index in [0.29, 0.717) is 27.9 Å². The van der Waals surface area contributed by atoms with Gasteiger partial charge in [0.05, 0.1) is 13.7 Å². The Morgan fingerprint density at radius 2 is 0.911 bits per heavy atom. The Morgan fingerprint density at radius 1 is 0.356 bits per heavy atom. The van der Waals surface area contributed by atoms with Crippen LogP contribution in [0.5, 0.6) is 0 Å². The molecule has 9 aromatic rings. The van der Waals surface area contributed by atoms with Gasteiger partial charge in [-0.05, 0) is 90.3 Å². The number of benzene rings is 8. The molecule has 0 aliphatic rings. The molecule has 0 bridgehead atoms. The highest BCUT2D eigenvalue weighted by atomic mass is 16.3. The standard InChI is InChI=1S/C44H28O/c1-3-14-29(15-4-1)31-18-13-19-32(26-31)43-34-21-7-9-23-36(34)44(37-24-10-8-22-35(37)43)40-27-39-33-20-11-12-25-41(33)45-42(39)28-38(40)30-16-5-2-6-17-30/h1-28H/i1D,2D,3D,4D,5D,6D,14D,15D,16D,17D. The molecule has 210 valence electrons. The second kappa shape index (κ2) is 10.4. The molecule has 0 saturated carbocycles.